The molecule has 2 aromatic rings. The van der Waals surface area contributed by atoms with Crippen molar-refractivity contribution < 1.29 is 9.53 Å². The molecule has 22 heavy (non-hydrogen) atoms. The minimum Gasteiger partial charge on any atom is -0.465 e. The van der Waals surface area contributed by atoms with Crippen LogP contribution < -0.4 is 0 Å². The van der Waals surface area contributed by atoms with Crippen LogP contribution in [0.25, 0.3) is 0 Å². The molecule has 1 aromatic heterocycles. The van der Waals surface area contributed by atoms with Crippen LogP contribution in [0.15, 0.2) is 54.9 Å². The molecule has 2 rings (SSSR count). The largest absolute Gasteiger partial charge is 0.465 e. The number of benzene rings is 1. The third kappa shape index (κ3) is 4.99. The van der Waals surface area contributed by atoms with E-state index in [4.69, 9.17) is 4.74 Å². The maximum atomic E-state index is 12.3. The van der Waals surface area contributed by atoms with Crippen LogP contribution in [0.3, 0.4) is 0 Å². The molecule has 1 atom stereocenters. The van der Waals surface area contributed by atoms with E-state index in [1.165, 1.54) is 5.56 Å². The van der Waals surface area contributed by atoms with Gasteiger partial charge in [0.2, 0.25) is 0 Å². The van der Waals surface area contributed by atoms with Gasteiger partial charge in [0.25, 0.3) is 0 Å². The van der Waals surface area contributed by atoms with E-state index < -0.39 is 0 Å². The Labute approximate surface area is 132 Å². The Morgan fingerprint density at radius 3 is 2.68 bits per heavy atom. The summed E-state index contributed by atoms with van der Waals surface area (Å²) in [6, 6.07) is 13.9. The summed E-state index contributed by atoms with van der Waals surface area (Å²) in [6.45, 7) is 2.55. The van der Waals surface area contributed by atoms with Crippen molar-refractivity contribution in [1.82, 2.24) is 4.98 Å². The first kappa shape index (κ1) is 16.2. The summed E-state index contributed by atoms with van der Waals surface area (Å²) in [4.78, 5) is 16.4. The van der Waals surface area contributed by atoms with Gasteiger partial charge in [0.1, 0.15) is 0 Å². The van der Waals surface area contributed by atoms with E-state index in [9.17, 15) is 4.79 Å². The van der Waals surface area contributed by atoms with Gasteiger partial charge in [0, 0.05) is 12.4 Å². The number of nitrogens with zero attached hydrogens (tertiary/aromatic N) is 1. The quantitative estimate of drug-likeness (QED) is 0.543. The maximum absolute atomic E-state index is 12.3. The zero-order chi connectivity index (χ0) is 15.6. The molecule has 1 aromatic carbocycles. The highest BCUT2D eigenvalue weighted by atomic mass is 16.5. The van der Waals surface area contributed by atoms with Crippen LogP contribution in [0, 0.1) is 0 Å². The summed E-state index contributed by atoms with van der Waals surface area (Å²) in [5.41, 5.74) is 2.22. The van der Waals surface area contributed by atoms with Crippen molar-refractivity contribution in [2.24, 2.45) is 0 Å². The predicted molar refractivity (Wildman–Crippen MR) is 87.6 cm³/mol. The van der Waals surface area contributed by atoms with Gasteiger partial charge >= 0.3 is 5.97 Å². The molecule has 0 aliphatic carbocycles. The van der Waals surface area contributed by atoms with Crippen LogP contribution in [0.5, 0.6) is 0 Å². The highest BCUT2D eigenvalue weighted by Crippen LogP contribution is 2.22. The molecule has 0 aliphatic rings. The Balaban J connectivity index is 1.81. The summed E-state index contributed by atoms with van der Waals surface area (Å²) in [7, 11) is 0. The molecular formula is C19H23NO2. The lowest BCUT2D eigenvalue weighted by molar-refractivity contribution is -0.145. The molecule has 0 amide bonds. The minimum atomic E-state index is -0.149. The van der Waals surface area contributed by atoms with Crippen molar-refractivity contribution in [2.45, 2.75) is 38.5 Å². The van der Waals surface area contributed by atoms with Gasteiger partial charge < -0.3 is 4.74 Å². The first-order valence-corrected chi connectivity index (χ1v) is 7.91. The highest BCUT2D eigenvalue weighted by molar-refractivity contribution is 5.78. The van der Waals surface area contributed by atoms with Crippen molar-refractivity contribution in [3.63, 3.8) is 0 Å². The zero-order valence-corrected chi connectivity index (χ0v) is 13.1. The molecule has 3 heteroatoms. The van der Waals surface area contributed by atoms with Gasteiger partial charge in [-0.1, -0.05) is 49.7 Å². The van der Waals surface area contributed by atoms with E-state index in [2.05, 4.69) is 11.9 Å². The molecule has 0 fully saturated rings. The number of aromatic nitrogens is 1. The van der Waals surface area contributed by atoms with Crippen LogP contribution in [-0.2, 0) is 16.0 Å². The normalized spacial score (nSPS) is 11.9. The lowest BCUT2D eigenvalue weighted by Crippen LogP contribution is -2.17. The Bertz CT molecular complexity index is 554. The van der Waals surface area contributed by atoms with Crippen LogP contribution >= 0.6 is 0 Å². The van der Waals surface area contributed by atoms with Crippen LogP contribution in [-0.4, -0.2) is 17.6 Å². The number of aryl methyl sites for hydroxylation is 1. The summed E-state index contributed by atoms with van der Waals surface area (Å²) < 4.78 is 5.47. The molecule has 0 saturated carbocycles. The topological polar surface area (TPSA) is 39.2 Å². The first-order chi connectivity index (χ1) is 10.8. The Morgan fingerprint density at radius 2 is 2.00 bits per heavy atom. The number of pyridine rings is 1. The fourth-order valence-electron chi connectivity index (χ4n) is 2.49. The van der Waals surface area contributed by atoms with E-state index in [1.807, 2.05) is 48.7 Å². The Morgan fingerprint density at radius 1 is 1.18 bits per heavy atom. The molecule has 1 heterocycles. The maximum Gasteiger partial charge on any atom is 0.313 e. The summed E-state index contributed by atoms with van der Waals surface area (Å²) in [6.07, 6.45) is 7.11. The van der Waals surface area contributed by atoms with E-state index >= 15 is 0 Å². The minimum absolute atomic E-state index is 0.112. The molecule has 0 saturated heterocycles. The average molecular weight is 297 g/mol. The van der Waals surface area contributed by atoms with Gasteiger partial charge in [-0.15, -0.1) is 0 Å². The summed E-state index contributed by atoms with van der Waals surface area (Å²) >= 11 is 0. The van der Waals surface area contributed by atoms with Crippen molar-refractivity contribution in [3.05, 3.63) is 66.0 Å². The molecule has 0 radical (unpaired) electrons. The zero-order valence-electron chi connectivity index (χ0n) is 13.1. The first-order valence-electron chi connectivity index (χ1n) is 7.91. The number of ether oxygens (including phenoxy) is 1. The lowest BCUT2D eigenvalue weighted by Gasteiger charge is -2.15. The molecule has 116 valence electrons. The molecule has 0 aliphatic heterocycles. The average Bonchev–Trinajstić information content (AvgIpc) is 2.58. The molecule has 3 nitrogen and oxygen atoms in total. The van der Waals surface area contributed by atoms with Crippen LogP contribution in [0.4, 0.5) is 0 Å². The number of carbonyl (C=O) groups is 1. The predicted octanol–water partition coefficient (Wildman–Crippen LogP) is 4.14. The monoisotopic (exact) mass is 297 g/mol. The fourth-order valence-corrected chi connectivity index (χ4v) is 2.49. The SMILES string of the molecule is CCCC(C(=O)OCCCc1cccnc1)c1ccccc1. The number of esters is 1. The van der Waals surface area contributed by atoms with Gasteiger partial charge in [-0.2, -0.15) is 0 Å². The number of rotatable bonds is 8. The second kappa shape index (κ2) is 8.98. The van der Waals surface area contributed by atoms with Crippen LogP contribution in [0.1, 0.15) is 43.2 Å². The second-order valence-electron chi connectivity index (χ2n) is 5.38. The van der Waals surface area contributed by atoms with Gasteiger partial charge in [-0.05, 0) is 36.5 Å². The third-order valence-electron chi connectivity index (χ3n) is 3.64. The second-order valence-corrected chi connectivity index (χ2v) is 5.38. The number of carbonyl (C=O) groups excluding carboxylic acids is 1. The van der Waals surface area contributed by atoms with E-state index in [-0.39, 0.29) is 11.9 Å². The van der Waals surface area contributed by atoms with Crippen molar-refractivity contribution in [3.8, 4) is 0 Å². The van der Waals surface area contributed by atoms with Crippen molar-refractivity contribution in [1.29, 1.82) is 0 Å². The van der Waals surface area contributed by atoms with E-state index in [0.717, 1.165) is 31.2 Å². The molecular weight excluding hydrogens is 274 g/mol. The fraction of sp³-hybridized carbons (Fsp3) is 0.368. The van der Waals surface area contributed by atoms with Crippen molar-refractivity contribution in [2.75, 3.05) is 6.61 Å². The Kier molecular flexibility index (Phi) is 6.62. The van der Waals surface area contributed by atoms with E-state index in [0.29, 0.717) is 6.61 Å². The standard InChI is InChI=1S/C19H23NO2/c1-2-8-18(17-11-4-3-5-12-17)19(21)22-14-7-10-16-9-6-13-20-15-16/h3-6,9,11-13,15,18H,2,7-8,10,14H2,1H3. The molecule has 0 spiro atoms. The smallest absolute Gasteiger partial charge is 0.313 e. The molecule has 0 bridgehead atoms. The lowest BCUT2D eigenvalue weighted by atomic mass is 9.95. The van der Waals surface area contributed by atoms with Crippen LogP contribution in [0.2, 0.25) is 0 Å². The van der Waals surface area contributed by atoms with Gasteiger partial charge in [0.15, 0.2) is 0 Å². The number of hydrogen-bond donors (Lipinski definition) is 0. The van der Waals surface area contributed by atoms with Gasteiger partial charge in [-0.3, -0.25) is 9.78 Å². The van der Waals surface area contributed by atoms with Gasteiger partial charge in [-0.25, -0.2) is 0 Å². The molecule has 0 N–H and O–H groups in total. The van der Waals surface area contributed by atoms with E-state index in [1.54, 1.807) is 6.20 Å². The van der Waals surface area contributed by atoms with Gasteiger partial charge in [0.05, 0.1) is 12.5 Å². The highest BCUT2D eigenvalue weighted by Gasteiger charge is 2.20. The summed E-state index contributed by atoms with van der Waals surface area (Å²) in [5, 5.41) is 0. The summed E-state index contributed by atoms with van der Waals surface area (Å²) in [5.74, 6) is -0.260. The third-order valence-corrected chi connectivity index (χ3v) is 3.64. The Hall–Kier alpha value is -2.16. The van der Waals surface area contributed by atoms with Crippen molar-refractivity contribution >= 4 is 5.97 Å². The molecule has 1 unspecified atom stereocenters. The number of hydrogen-bond acceptors (Lipinski definition) is 3.